The molecule has 4 aromatic carbocycles. The topological polar surface area (TPSA) is 49.4 Å². The van der Waals surface area contributed by atoms with E-state index in [9.17, 15) is 9.59 Å². The molecule has 4 heteroatoms. The summed E-state index contributed by atoms with van der Waals surface area (Å²) in [5, 5.41) is 6.27. The number of benzene rings is 4. The number of hydrogen-bond acceptors (Lipinski definition) is 4. The zero-order valence-corrected chi connectivity index (χ0v) is 20.4. The first-order chi connectivity index (χ1) is 17.7. The fourth-order valence-corrected chi connectivity index (χ4v) is 5.68. The van der Waals surface area contributed by atoms with Crippen molar-refractivity contribution in [3.8, 4) is 0 Å². The Balaban J connectivity index is 0.985. The van der Waals surface area contributed by atoms with Crippen molar-refractivity contribution in [3.05, 3.63) is 118 Å². The SMILES string of the molecule is O=C1c2ccccc2C(=O)c2cc(CNCCCCN3CCc4c(ccc5ccccc45)C3)ccc21. The lowest BCUT2D eigenvalue weighted by Gasteiger charge is -2.29. The third-order valence-corrected chi connectivity index (χ3v) is 7.61. The van der Waals surface area contributed by atoms with Gasteiger partial charge in [0.05, 0.1) is 0 Å². The van der Waals surface area contributed by atoms with Crippen LogP contribution in [0, 0.1) is 0 Å². The van der Waals surface area contributed by atoms with Gasteiger partial charge in [0.15, 0.2) is 11.6 Å². The maximum Gasteiger partial charge on any atom is 0.194 e. The maximum atomic E-state index is 12.9. The van der Waals surface area contributed by atoms with Gasteiger partial charge >= 0.3 is 0 Å². The molecule has 0 saturated carbocycles. The van der Waals surface area contributed by atoms with E-state index < -0.39 is 0 Å². The first-order valence-corrected chi connectivity index (χ1v) is 12.9. The highest BCUT2D eigenvalue weighted by Crippen LogP contribution is 2.29. The van der Waals surface area contributed by atoms with Crippen LogP contribution in [0.3, 0.4) is 0 Å². The van der Waals surface area contributed by atoms with Crippen molar-refractivity contribution in [2.75, 3.05) is 19.6 Å². The van der Waals surface area contributed by atoms with Gasteiger partial charge in [-0.05, 0) is 71.9 Å². The molecule has 1 heterocycles. The minimum absolute atomic E-state index is 0.0573. The van der Waals surface area contributed by atoms with Crippen molar-refractivity contribution in [2.24, 2.45) is 0 Å². The molecule has 1 N–H and O–H groups in total. The average Bonchev–Trinajstić information content (AvgIpc) is 2.93. The summed E-state index contributed by atoms with van der Waals surface area (Å²) < 4.78 is 0. The Labute approximate surface area is 211 Å². The predicted octanol–water partition coefficient (Wildman–Crippen LogP) is 5.54. The molecule has 0 unspecified atom stereocenters. The van der Waals surface area contributed by atoms with Gasteiger partial charge in [-0.2, -0.15) is 0 Å². The number of carbonyl (C=O) groups excluding carboxylic acids is 2. The van der Waals surface area contributed by atoms with Crippen molar-refractivity contribution in [1.82, 2.24) is 10.2 Å². The van der Waals surface area contributed by atoms with Gasteiger partial charge in [-0.1, -0.05) is 66.7 Å². The van der Waals surface area contributed by atoms with E-state index in [4.69, 9.17) is 0 Å². The standard InChI is InChI=1S/C32H30N2O2/c35-31-27-9-3-4-10-28(27)32(36)30-19-22(11-14-29(30)31)20-33-16-5-6-17-34-18-15-26-24(21-34)13-12-23-7-1-2-8-25(23)26/h1-4,7-14,19,33H,5-6,15-18,20-21H2. The molecule has 0 radical (unpaired) electrons. The zero-order valence-electron chi connectivity index (χ0n) is 20.4. The highest BCUT2D eigenvalue weighted by atomic mass is 16.1. The lowest BCUT2D eigenvalue weighted by molar-refractivity contribution is 0.0979. The predicted molar refractivity (Wildman–Crippen MR) is 144 cm³/mol. The summed E-state index contributed by atoms with van der Waals surface area (Å²) in [6.45, 7) is 4.91. The van der Waals surface area contributed by atoms with Crippen LogP contribution in [-0.2, 0) is 19.5 Å². The van der Waals surface area contributed by atoms with Crippen LogP contribution in [-0.4, -0.2) is 36.1 Å². The third-order valence-electron chi connectivity index (χ3n) is 7.61. The maximum absolute atomic E-state index is 12.9. The Morgan fingerprint density at radius 3 is 2.36 bits per heavy atom. The molecule has 36 heavy (non-hydrogen) atoms. The molecule has 0 aromatic heterocycles. The highest BCUT2D eigenvalue weighted by Gasteiger charge is 2.29. The summed E-state index contributed by atoms with van der Waals surface area (Å²) in [7, 11) is 0. The van der Waals surface area contributed by atoms with Crippen LogP contribution in [0.15, 0.2) is 78.9 Å². The minimum atomic E-state index is -0.0618. The molecule has 0 spiro atoms. The van der Waals surface area contributed by atoms with Gasteiger partial charge in [-0.15, -0.1) is 0 Å². The van der Waals surface area contributed by atoms with Crippen LogP contribution >= 0.6 is 0 Å². The fraction of sp³-hybridized carbons (Fsp3) is 0.250. The lowest BCUT2D eigenvalue weighted by Crippen LogP contribution is -2.31. The molecule has 1 aliphatic carbocycles. The van der Waals surface area contributed by atoms with E-state index in [2.05, 4.69) is 46.6 Å². The van der Waals surface area contributed by atoms with E-state index in [1.807, 2.05) is 18.2 Å². The summed E-state index contributed by atoms with van der Waals surface area (Å²) >= 11 is 0. The molecule has 2 aliphatic rings. The first kappa shape index (κ1) is 22.8. The molecular weight excluding hydrogens is 444 g/mol. The zero-order chi connectivity index (χ0) is 24.5. The van der Waals surface area contributed by atoms with Crippen LogP contribution in [0.2, 0.25) is 0 Å². The van der Waals surface area contributed by atoms with Crippen molar-refractivity contribution in [2.45, 2.75) is 32.4 Å². The Hall–Kier alpha value is -3.60. The Kier molecular flexibility index (Phi) is 6.22. The second-order valence-corrected chi connectivity index (χ2v) is 9.92. The van der Waals surface area contributed by atoms with Crippen molar-refractivity contribution >= 4 is 22.3 Å². The van der Waals surface area contributed by atoms with Crippen molar-refractivity contribution in [1.29, 1.82) is 0 Å². The number of fused-ring (bicyclic) bond motifs is 5. The molecule has 6 rings (SSSR count). The summed E-state index contributed by atoms with van der Waals surface area (Å²) in [6, 6.07) is 26.0. The normalized spacial score (nSPS) is 15.0. The number of rotatable bonds is 7. The van der Waals surface area contributed by atoms with Gasteiger partial charge in [0.1, 0.15) is 0 Å². The summed E-state index contributed by atoms with van der Waals surface area (Å²) in [6.07, 6.45) is 3.39. The summed E-state index contributed by atoms with van der Waals surface area (Å²) in [4.78, 5) is 28.3. The van der Waals surface area contributed by atoms with E-state index in [0.717, 1.165) is 51.0 Å². The average molecular weight is 475 g/mol. The van der Waals surface area contributed by atoms with Crippen LogP contribution in [0.4, 0.5) is 0 Å². The Morgan fingerprint density at radius 1 is 0.750 bits per heavy atom. The number of unbranched alkanes of at least 4 members (excludes halogenated alkanes) is 1. The van der Waals surface area contributed by atoms with Crippen molar-refractivity contribution < 1.29 is 9.59 Å². The van der Waals surface area contributed by atoms with Gasteiger partial charge in [0.25, 0.3) is 0 Å². The number of nitrogens with one attached hydrogen (secondary N) is 1. The van der Waals surface area contributed by atoms with E-state index in [-0.39, 0.29) is 11.6 Å². The number of nitrogens with zero attached hydrogens (tertiary/aromatic N) is 1. The molecule has 1 aliphatic heterocycles. The largest absolute Gasteiger partial charge is 0.313 e. The summed E-state index contributed by atoms with van der Waals surface area (Å²) in [5.74, 6) is -0.119. The first-order valence-electron chi connectivity index (χ1n) is 12.9. The molecule has 0 atom stereocenters. The monoisotopic (exact) mass is 474 g/mol. The second-order valence-electron chi connectivity index (χ2n) is 9.92. The Morgan fingerprint density at radius 2 is 1.50 bits per heavy atom. The van der Waals surface area contributed by atoms with Crippen LogP contribution < -0.4 is 5.32 Å². The van der Waals surface area contributed by atoms with Gasteiger partial charge in [0, 0.05) is 41.9 Å². The van der Waals surface area contributed by atoms with E-state index in [0.29, 0.717) is 28.8 Å². The van der Waals surface area contributed by atoms with Gasteiger partial charge < -0.3 is 5.32 Å². The molecule has 4 aromatic rings. The van der Waals surface area contributed by atoms with Gasteiger partial charge in [-0.3, -0.25) is 14.5 Å². The molecule has 0 bridgehead atoms. The van der Waals surface area contributed by atoms with Crippen molar-refractivity contribution in [3.63, 3.8) is 0 Å². The molecule has 0 fully saturated rings. The van der Waals surface area contributed by atoms with E-state index in [1.165, 1.54) is 21.9 Å². The molecule has 0 amide bonds. The molecule has 0 saturated heterocycles. The van der Waals surface area contributed by atoms with E-state index >= 15 is 0 Å². The quantitative estimate of drug-likeness (QED) is 0.315. The van der Waals surface area contributed by atoms with Crippen LogP contribution in [0.5, 0.6) is 0 Å². The number of hydrogen-bond donors (Lipinski definition) is 1. The molecular formula is C32H30N2O2. The summed E-state index contributed by atoms with van der Waals surface area (Å²) in [5.41, 5.74) is 6.09. The van der Waals surface area contributed by atoms with Gasteiger partial charge in [0.2, 0.25) is 0 Å². The van der Waals surface area contributed by atoms with E-state index in [1.54, 1.807) is 24.3 Å². The molecule has 180 valence electrons. The number of carbonyl (C=O) groups is 2. The third kappa shape index (κ3) is 4.27. The minimum Gasteiger partial charge on any atom is -0.313 e. The molecule has 4 nitrogen and oxygen atoms in total. The highest BCUT2D eigenvalue weighted by molar-refractivity contribution is 6.28. The fourth-order valence-electron chi connectivity index (χ4n) is 5.68. The van der Waals surface area contributed by atoms with Gasteiger partial charge in [-0.25, -0.2) is 0 Å². The van der Waals surface area contributed by atoms with Crippen LogP contribution in [0.25, 0.3) is 10.8 Å². The van der Waals surface area contributed by atoms with Crippen LogP contribution in [0.1, 0.15) is 61.4 Å². The smallest absolute Gasteiger partial charge is 0.194 e. The lowest BCUT2D eigenvalue weighted by atomic mass is 9.83. The number of ketones is 2. The Bertz CT molecular complexity index is 1470. The second kappa shape index (κ2) is 9.81.